The summed E-state index contributed by atoms with van der Waals surface area (Å²) in [5, 5.41) is 7.61. The van der Waals surface area contributed by atoms with Gasteiger partial charge >= 0.3 is 0 Å². The Bertz CT molecular complexity index is 5120. The van der Waals surface area contributed by atoms with Gasteiger partial charge in [-0.15, -0.1) is 0 Å². The Labute approximate surface area is 611 Å². The van der Waals surface area contributed by atoms with Crippen LogP contribution in [0.4, 0.5) is 79.6 Å². The van der Waals surface area contributed by atoms with Gasteiger partial charge in [-0.25, -0.2) is 0 Å². The first-order chi connectivity index (χ1) is 50.9. The molecule has 0 radical (unpaired) electrons. The van der Waals surface area contributed by atoms with Crippen LogP contribution in [0.2, 0.25) is 0 Å². The molecule has 0 atom stereocenters. The number of para-hydroxylation sites is 8. The van der Waals surface area contributed by atoms with E-state index in [1.54, 1.807) is 0 Å². The van der Waals surface area contributed by atoms with Crippen LogP contribution in [-0.2, 0) is 0 Å². The highest BCUT2D eigenvalue weighted by Crippen LogP contribution is 2.48. The van der Waals surface area contributed by atoms with E-state index in [0.717, 1.165) is 68.2 Å². The van der Waals surface area contributed by atoms with Crippen molar-refractivity contribution in [3.63, 3.8) is 0 Å². The molecule has 0 aromatic heterocycles. The van der Waals surface area contributed by atoms with Crippen molar-refractivity contribution < 1.29 is 0 Å². The Morgan fingerprint density at radius 1 is 0.202 bits per heavy atom. The molecular formula is C96H78B2N6. The predicted octanol–water partition coefficient (Wildman–Crippen LogP) is 20.8. The molecule has 0 aliphatic carbocycles. The standard InChI is InChI=1S/C96H78B2N6/c1-63-53-75(101(67-33-17-9-18-34-67)68-35-19-10-20-36-68)57-83-84-58-76(102(69-37-21-11-22-38-69)70-39-23-12-24-40-70)54-64(2)94(84)97(93(63)83)87-61-89(99(5)6)81-52-50-80-88(62-90(100(7)8)82-51-49-79(87)91(81)92(80)82)98-95-65(3)55-77(103(71-41-25-13-26-42-71)72-43-27-14-28-44-72)59-85(95)86-60-78(56-66(4)96(86)98)104(73-45-29-15-30-46-73)74-47-31-16-32-48-74/h9-62H,1-8H3. The zero-order valence-electron chi connectivity index (χ0n) is 60.0. The number of nitrogens with zero attached hydrogens (tertiary/aromatic N) is 6. The van der Waals surface area contributed by atoms with Gasteiger partial charge in [-0.05, 0) is 229 Å². The third-order valence-electron chi connectivity index (χ3n) is 21.9. The fraction of sp³-hybridized carbons (Fsp3) is 0.0833. The van der Waals surface area contributed by atoms with E-state index in [1.807, 2.05) is 0 Å². The van der Waals surface area contributed by atoms with Gasteiger partial charge in [-0.1, -0.05) is 225 Å². The van der Waals surface area contributed by atoms with Crippen LogP contribution in [-0.4, -0.2) is 41.6 Å². The number of hydrogen-bond acceptors (Lipinski definition) is 6. The minimum atomic E-state index is -0.122. The molecule has 0 amide bonds. The van der Waals surface area contributed by atoms with Gasteiger partial charge in [0.25, 0.3) is 0 Å². The molecule has 2 aliphatic rings. The molecule has 6 nitrogen and oxygen atoms in total. The Morgan fingerprint density at radius 2 is 0.394 bits per heavy atom. The van der Waals surface area contributed by atoms with Crippen molar-refractivity contribution in [2.24, 2.45) is 0 Å². The van der Waals surface area contributed by atoms with Crippen molar-refractivity contribution in [2.45, 2.75) is 27.7 Å². The van der Waals surface area contributed by atoms with Crippen molar-refractivity contribution in [1.82, 2.24) is 0 Å². The Hall–Kier alpha value is -12.5. The van der Waals surface area contributed by atoms with Crippen LogP contribution < -0.4 is 62.2 Å². The highest BCUT2D eigenvalue weighted by Gasteiger charge is 2.42. The van der Waals surface area contributed by atoms with E-state index in [1.165, 1.54) is 121 Å². The number of benzene rings is 16. The monoisotopic (exact) mass is 1340 g/mol. The molecule has 8 heteroatoms. The first-order valence-electron chi connectivity index (χ1n) is 36.3. The number of fused-ring (bicyclic) bond motifs is 6. The summed E-state index contributed by atoms with van der Waals surface area (Å²) < 4.78 is 0. The number of hydrogen-bond donors (Lipinski definition) is 0. The van der Waals surface area contributed by atoms with Crippen LogP contribution in [0, 0.1) is 27.7 Å². The third-order valence-corrected chi connectivity index (χ3v) is 21.9. The quantitative estimate of drug-likeness (QED) is 0.0704. The molecule has 2 aliphatic heterocycles. The molecule has 104 heavy (non-hydrogen) atoms. The van der Waals surface area contributed by atoms with Crippen LogP contribution in [0.15, 0.2) is 328 Å². The summed E-state index contributed by atoms with van der Waals surface area (Å²) in [7, 11) is 8.93. The lowest BCUT2D eigenvalue weighted by Gasteiger charge is -2.29. The first kappa shape index (κ1) is 63.6. The van der Waals surface area contributed by atoms with E-state index in [4.69, 9.17) is 0 Å². The molecule has 0 bridgehead atoms. The maximum Gasteiger partial charge on any atom is 0.244 e. The summed E-state index contributed by atoms with van der Waals surface area (Å²) in [4.78, 5) is 14.4. The van der Waals surface area contributed by atoms with Gasteiger partial charge in [-0.3, -0.25) is 0 Å². The molecule has 18 rings (SSSR count). The topological polar surface area (TPSA) is 19.4 Å². The fourth-order valence-corrected chi connectivity index (χ4v) is 17.6. The second-order valence-electron chi connectivity index (χ2n) is 28.6. The van der Waals surface area contributed by atoms with E-state index < -0.39 is 0 Å². The normalized spacial score (nSPS) is 12.0. The lowest BCUT2D eigenvalue weighted by molar-refractivity contribution is 1.14. The molecule has 0 spiro atoms. The van der Waals surface area contributed by atoms with E-state index in [-0.39, 0.29) is 13.4 Å². The van der Waals surface area contributed by atoms with Crippen LogP contribution in [0.25, 0.3) is 54.6 Å². The van der Waals surface area contributed by atoms with Crippen molar-refractivity contribution in [3.05, 3.63) is 350 Å². The van der Waals surface area contributed by atoms with E-state index in [9.17, 15) is 0 Å². The SMILES string of the molecule is Cc1cc(N(c2ccccc2)c2ccccc2)cc2c1B(c1cc(N(C)C)c3ccc4c(B5c6c(C)cc(N(c7ccccc7)c7ccccc7)cc6-c6cc(N(c7ccccc7)c7ccccc7)cc(C)c65)cc(N(C)C)c5ccc1c3c45)c1c(C)cc(N(c3ccccc3)c3ccccc3)cc1-2. The van der Waals surface area contributed by atoms with Crippen molar-refractivity contribution >= 4 is 158 Å². The summed E-state index contributed by atoms with van der Waals surface area (Å²) in [5.41, 5.74) is 33.7. The smallest absolute Gasteiger partial charge is 0.244 e. The molecule has 16 aromatic rings. The van der Waals surface area contributed by atoms with Crippen LogP contribution in [0.1, 0.15) is 22.3 Å². The van der Waals surface area contributed by atoms with Gasteiger partial charge in [0, 0.05) is 119 Å². The summed E-state index contributed by atoms with van der Waals surface area (Å²) in [6, 6.07) is 122. The number of rotatable bonds is 16. The molecule has 16 aromatic carbocycles. The maximum absolute atomic E-state index is 2.55. The van der Waals surface area contributed by atoms with Gasteiger partial charge in [0.05, 0.1) is 0 Å². The zero-order chi connectivity index (χ0) is 70.4. The van der Waals surface area contributed by atoms with Crippen molar-refractivity contribution in [3.8, 4) is 22.3 Å². The lowest BCUT2D eigenvalue weighted by Crippen LogP contribution is -2.51. The Balaban J connectivity index is 0.899. The number of anilines is 14. The molecule has 0 N–H and O–H groups in total. The summed E-state index contributed by atoms with van der Waals surface area (Å²) in [6.45, 7) is 9.20. The molecule has 0 unspecified atom stereocenters. The van der Waals surface area contributed by atoms with Crippen LogP contribution in [0.5, 0.6) is 0 Å². The average molecular weight is 1340 g/mol. The molecule has 0 saturated heterocycles. The lowest BCUT2D eigenvalue weighted by atomic mass is 9.36. The number of aryl methyl sites for hydroxylation is 4. The molecule has 0 saturated carbocycles. The van der Waals surface area contributed by atoms with Gasteiger partial charge in [0.15, 0.2) is 0 Å². The molecule has 498 valence electrons. The zero-order valence-corrected chi connectivity index (χ0v) is 60.0. The van der Waals surface area contributed by atoms with Crippen LogP contribution >= 0.6 is 0 Å². The maximum atomic E-state index is 2.55. The molecule has 2 heterocycles. The largest absolute Gasteiger partial charge is 0.377 e. The Morgan fingerprint density at radius 3 is 0.587 bits per heavy atom. The summed E-state index contributed by atoms with van der Waals surface area (Å²) in [6.07, 6.45) is 0. The predicted molar refractivity (Wildman–Crippen MR) is 450 cm³/mol. The van der Waals surface area contributed by atoms with Crippen molar-refractivity contribution in [1.29, 1.82) is 0 Å². The second kappa shape index (κ2) is 25.8. The van der Waals surface area contributed by atoms with E-state index >= 15 is 0 Å². The second-order valence-corrected chi connectivity index (χ2v) is 28.6. The van der Waals surface area contributed by atoms with E-state index in [0.29, 0.717) is 0 Å². The third kappa shape index (κ3) is 10.6. The summed E-state index contributed by atoms with van der Waals surface area (Å²) in [5.74, 6) is 0. The highest BCUT2D eigenvalue weighted by molar-refractivity contribution is 7.02. The van der Waals surface area contributed by atoms with Gasteiger partial charge in [0.1, 0.15) is 0 Å². The molecule has 0 fully saturated rings. The minimum absolute atomic E-state index is 0.122. The first-order valence-corrected chi connectivity index (χ1v) is 36.3. The minimum Gasteiger partial charge on any atom is -0.377 e. The molecular weight excluding hydrogens is 1260 g/mol. The Kier molecular flexibility index (Phi) is 15.8. The van der Waals surface area contributed by atoms with Gasteiger partial charge < -0.3 is 29.4 Å². The average Bonchev–Trinajstić information content (AvgIpc) is 1.69. The fourth-order valence-electron chi connectivity index (χ4n) is 17.6. The van der Waals surface area contributed by atoms with E-state index in [2.05, 4.69) is 413 Å². The van der Waals surface area contributed by atoms with Gasteiger partial charge in [-0.2, -0.15) is 0 Å². The van der Waals surface area contributed by atoms with Crippen LogP contribution in [0.3, 0.4) is 0 Å². The van der Waals surface area contributed by atoms with Gasteiger partial charge in [0.2, 0.25) is 13.4 Å². The van der Waals surface area contributed by atoms with Crippen molar-refractivity contribution in [2.75, 3.05) is 57.6 Å². The summed E-state index contributed by atoms with van der Waals surface area (Å²) >= 11 is 0. The highest BCUT2D eigenvalue weighted by atomic mass is 15.2.